The largest absolute Gasteiger partial charge is 0.478 e. The molecule has 33 heavy (non-hydrogen) atoms. The van der Waals surface area contributed by atoms with Gasteiger partial charge in [0, 0.05) is 25.2 Å². The molecule has 13 heteroatoms. The Morgan fingerprint density at radius 1 is 1.27 bits per heavy atom. The van der Waals surface area contributed by atoms with Crippen molar-refractivity contribution < 1.29 is 48.6 Å². The van der Waals surface area contributed by atoms with Crippen molar-refractivity contribution in [3.8, 4) is 0 Å². The highest BCUT2D eigenvalue weighted by molar-refractivity contribution is 5.77. The zero-order valence-corrected chi connectivity index (χ0v) is 18.1. The number of ether oxygens (including phenoxy) is 1. The van der Waals surface area contributed by atoms with Crippen molar-refractivity contribution in [1.82, 2.24) is 15.0 Å². The second kappa shape index (κ2) is 9.66. The number of aliphatic hydroxyl groups excluding tert-OH is 4. The van der Waals surface area contributed by atoms with Crippen molar-refractivity contribution in [3.63, 3.8) is 0 Å². The van der Waals surface area contributed by atoms with Crippen molar-refractivity contribution in [3.05, 3.63) is 11.4 Å². The van der Waals surface area contributed by atoms with Gasteiger partial charge < -0.3 is 35.1 Å². The number of nitrogens with zero attached hydrogens (tertiary/aromatic N) is 3. The van der Waals surface area contributed by atoms with Crippen molar-refractivity contribution >= 4 is 11.8 Å². The monoisotopic (exact) mass is 477 g/mol. The minimum atomic E-state index is -3.34. The topological polar surface area (TPSA) is 175 Å². The van der Waals surface area contributed by atoms with E-state index in [2.05, 4.69) is 10.3 Å². The molecule has 3 rings (SSSR count). The molecule has 1 aliphatic carbocycles. The number of carbonyl (C=O) groups excluding carboxylic acids is 1. The summed E-state index contributed by atoms with van der Waals surface area (Å²) in [6.45, 7) is 0.314. The van der Waals surface area contributed by atoms with Gasteiger partial charge in [0.15, 0.2) is 5.69 Å². The molecular weight excluding hydrogens is 448 g/mol. The summed E-state index contributed by atoms with van der Waals surface area (Å²) in [6.07, 6.45) is -7.05. The van der Waals surface area contributed by atoms with Crippen LogP contribution in [0.25, 0.3) is 0 Å². The molecule has 186 valence electrons. The summed E-state index contributed by atoms with van der Waals surface area (Å²) >= 11 is 0. The van der Waals surface area contributed by atoms with E-state index >= 15 is 0 Å². The number of alkyl halides is 2. The number of carbonyl (C=O) groups is 2. The van der Waals surface area contributed by atoms with E-state index in [9.17, 15) is 43.9 Å². The normalized spacial score (nSPS) is 31.7. The third kappa shape index (κ3) is 4.78. The first-order chi connectivity index (χ1) is 15.4. The van der Waals surface area contributed by atoms with E-state index in [-0.39, 0.29) is 25.0 Å². The molecule has 2 aliphatic rings. The Kier molecular flexibility index (Phi) is 7.49. The summed E-state index contributed by atoms with van der Waals surface area (Å²) in [5.74, 6) is -6.55. The molecule has 6 unspecified atom stereocenters. The van der Waals surface area contributed by atoms with Gasteiger partial charge in [-0.15, -0.1) is 5.10 Å². The van der Waals surface area contributed by atoms with Gasteiger partial charge in [-0.3, -0.25) is 0 Å². The van der Waals surface area contributed by atoms with E-state index in [4.69, 9.17) is 4.74 Å². The van der Waals surface area contributed by atoms with Crippen LogP contribution >= 0.6 is 0 Å². The smallest absolute Gasteiger partial charge is 0.359 e. The van der Waals surface area contributed by atoms with Gasteiger partial charge >= 0.3 is 5.97 Å². The first-order valence-corrected chi connectivity index (χ1v) is 10.8. The summed E-state index contributed by atoms with van der Waals surface area (Å²) in [6, 6.07) is 0. The fourth-order valence-electron chi connectivity index (χ4n) is 4.65. The number of hydrogen-bond acceptors (Lipinski definition) is 9. The summed E-state index contributed by atoms with van der Waals surface area (Å²) in [7, 11) is 0. The molecule has 1 aliphatic heterocycles. The van der Waals surface area contributed by atoms with Gasteiger partial charge in [0.25, 0.3) is 11.6 Å². The molecule has 1 fully saturated rings. The van der Waals surface area contributed by atoms with E-state index in [1.807, 2.05) is 0 Å². The van der Waals surface area contributed by atoms with Gasteiger partial charge in [-0.2, -0.15) is 8.78 Å². The highest BCUT2D eigenvalue weighted by Gasteiger charge is 2.57. The number of carboxylic acid groups (broad SMARTS) is 1. The molecule has 0 radical (unpaired) electrons. The maximum absolute atomic E-state index is 14.7. The number of Topliss-reactive ketones (excluding diaryl/α,β-unsaturated/α-hetero) is 1. The predicted molar refractivity (Wildman–Crippen MR) is 105 cm³/mol. The van der Waals surface area contributed by atoms with Crippen LogP contribution in [0, 0.1) is 5.92 Å². The number of aliphatic hydroxyl groups is 4. The molecule has 1 aromatic heterocycles. The minimum absolute atomic E-state index is 0.0375. The average molecular weight is 477 g/mol. The molecule has 0 aromatic carbocycles. The van der Waals surface area contributed by atoms with Crippen LogP contribution in [0.4, 0.5) is 8.78 Å². The zero-order chi connectivity index (χ0) is 24.6. The predicted octanol–water partition coefficient (Wildman–Crippen LogP) is -0.317. The molecular formula is C20H29F2N3O8. The van der Waals surface area contributed by atoms with Crippen molar-refractivity contribution in [2.24, 2.45) is 5.92 Å². The zero-order valence-electron chi connectivity index (χ0n) is 18.1. The molecule has 0 amide bonds. The summed E-state index contributed by atoms with van der Waals surface area (Å²) in [5, 5.41) is 57.9. The van der Waals surface area contributed by atoms with Crippen molar-refractivity contribution in [2.75, 3.05) is 6.61 Å². The van der Waals surface area contributed by atoms with E-state index in [1.165, 1.54) is 6.92 Å². The van der Waals surface area contributed by atoms with Gasteiger partial charge in [-0.25, -0.2) is 9.48 Å². The lowest BCUT2D eigenvalue weighted by atomic mass is 9.79. The van der Waals surface area contributed by atoms with Crippen LogP contribution in [-0.2, 0) is 32.4 Å². The molecule has 0 spiro atoms. The third-order valence-corrected chi connectivity index (χ3v) is 6.36. The SMILES string of the molecule is CC(=O)CC1C(O)CC(C(=O)O)(n2nnc3c2CCCCCC3(F)F)OC1C(O)C(O)CO. The lowest BCUT2D eigenvalue weighted by molar-refractivity contribution is -0.269. The summed E-state index contributed by atoms with van der Waals surface area (Å²) in [4.78, 5) is 24.2. The lowest BCUT2D eigenvalue weighted by Crippen LogP contribution is -2.62. The van der Waals surface area contributed by atoms with Crippen molar-refractivity contribution in [2.45, 2.75) is 87.9 Å². The number of rotatable bonds is 7. The Bertz CT molecular complexity index is 881. The highest BCUT2D eigenvalue weighted by Crippen LogP contribution is 2.43. The minimum Gasteiger partial charge on any atom is -0.478 e. The Morgan fingerprint density at radius 2 is 1.97 bits per heavy atom. The van der Waals surface area contributed by atoms with E-state index in [0.717, 1.165) is 0 Å². The third-order valence-electron chi connectivity index (χ3n) is 6.36. The first-order valence-electron chi connectivity index (χ1n) is 10.8. The van der Waals surface area contributed by atoms with Gasteiger partial charge in [0.05, 0.1) is 24.5 Å². The summed E-state index contributed by atoms with van der Waals surface area (Å²) in [5.41, 5.74) is -3.36. The number of aromatic nitrogens is 3. The van der Waals surface area contributed by atoms with Crippen LogP contribution in [-0.4, -0.2) is 83.3 Å². The lowest BCUT2D eigenvalue weighted by Gasteiger charge is -2.47. The molecule has 2 heterocycles. The molecule has 1 saturated heterocycles. The van der Waals surface area contributed by atoms with E-state index < -0.39 is 78.9 Å². The molecule has 11 nitrogen and oxygen atoms in total. The maximum atomic E-state index is 14.7. The molecule has 0 bridgehead atoms. The number of ketones is 1. The Morgan fingerprint density at radius 3 is 2.58 bits per heavy atom. The number of halogens is 2. The number of fused-ring (bicyclic) bond motifs is 1. The van der Waals surface area contributed by atoms with Crippen LogP contribution in [0.5, 0.6) is 0 Å². The summed E-state index contributed by atoms with van der Waals surface area (Å²) < 4.78 is 35.8. The fourth-order valence-corrected chi connectivity index (χ4v) is 4.65. The molecule has 5 N–H and O–H groups in total. The fraction of sp³-hybridized carbons (Fsp3) is 0.800. The number of hydrogen-bond donors (Lipinski definition) is 5. The average Bonchev–Trinajstić information content (AvgIpc) is 3.17. The number of carboxylic acids is 1. The van der Waals surface area contributed by atoms with E-state index in [1.54, 1.807) is 0 Å². The van der Waals surface area contributed by atoms with Crippen molar-refractivity contribution in [1.29, 1.82) is 0 Å². The quantitative estimate of drug-likeness (QED) is 0.350. The van der Waals surface area contributed by atoms with Gasteiger partial charge in [0.2, 0.25) is 0 Å². The van der Waals surface area contributed by atoms with Gasteiger partial charge in [0.1, 0.15) is 18.0 Å². The molecule has 6 atom stereocenters. The van der Waals surface area contributed by atoms with Gasteiger partial charge in [-0.1, -0.05) is 11.6 Å². The van der Waals surface area contributed by atoms with Gasteiger partial charge in [-0.05, 0) is 26.2 Å². The standard InChI is InChI=1S/C20H29F2N3O8/c1-10(27)7-11-13(28)8-20(18(31)32,33-16(11)15(30)14(29)9-26)25-12-5-3-2-4-6-19(21,22)17(12)23-24-25/h11,13-16,26,28-30H,2-9H2,1H3,(H,31,32). The molecule has 1 aromatic rings. The first kappa shape index (κ1) is 25.6. The Labute approximate surface area is 188 Å². The van der Waals surface area contributed by atoms with Crippen LogP contribution < -0.4 is 0 Å². The number of aliphatic carboxylic acids is 1. The van der Waals surface area contributed by atoms with Crippen LogP contribution in [0.2, 0.25) is 0 Å². The second-order valence-corrected chi connectivity index (χ2v) is 8.82. The Balaban J connectivity index is 2.12. The van der Waals surface area contributed by atoms with E-state index in [0.29, 0.717) is 17.5 Å². The van der Waals surface area contributed by atoms with Crippen LogP contribution in [0.1, 0.15) is 56.8 Å². The molecule has 0 saturated carbocycles. The highest BCUT2D eigenvalue weighted by atomic mass is 19.3. The maximum Gasteiger partial charge on any atom is 0.359 e. The second-order valence-electron chi connectivity index (χ2n) is 8.82. The van der Waals surface area contributed by atoms with Crippen LogP contribution in [0.15, 0.2) is 0 Å². The Hall–Kier alpha value is -2.06. The van der Waals surface area contributed by atoms with Crippen LogP contribution in [0.3, 0.4) is 0 Å².